The molecule has 168 valence electrons. The number of carbonyl (C=O) groups is 2. The predicted octanol–water partition coefficient (Wildman–Crippen LogP) is 3.32. The Morgan fingerprint density at radius 2 is 1.73 bits per heavy atom. The minimum atomic E-state index is -0.284. The second kappa shape index (κ2) is 9.10. The SMILES string of the molecule is O=C(Cc1cccnc1)N1CC[C@@H]2[C@H](C1)[C@@H](c1ccc(F)cc1)CN2C(=O)c1cccnc1. The number of amides is 2. The van der Waals surface area contributed by atoms with Gasteiger partial charge in [-0.2, -0.15) is 0 Å². The van der Waals surface area contributed by atoms with Gasteiger partial charge in [0.2, 0.25) is 5.91 Å². The van der Waals surface area contributed by atoms with Crippen molar-refractivity contribution in [1.82, 2.24) is 19.8 Å². The van der Waals surface area contributed by atoms with E-state index in [0.717, 1.165) is 11.1 Å². The molecule has 0 spiro atoms. The van der Waals surface area contributed by atoms with Crippen LogP contribution in [0, 0.1) is 11.7 Å². The second-order valence-electron chi connectivity index (χ2n) is 8.75. The summed E-state index contributed by atoms with van der Waals surface area (Å²) in [6, 6.07) is 13.8. The van der Waals surface area contributed by atoms with Gasteiger partial charge >= 0.3 is 0 Å². The average molecular weight is 445 g/mol. The van der Waals surface area contributed by atoms with Gasteiger partial charge < -0.3 is 9.80 Å². The standard InChI is InChI=1S/C26H25FN4O2/c27-21-7-5-19(6-8-21)22-17-31(26(33)20-4-2-11-29-15-20)24-9-12-30(16-23(22)24)25(32)13-18-3-1-10-28-14-18/h1-8,10-11,14-15,22-24H,9,12-13,16-17H2/t22-,23-,24-/m1/s1. The van der Waals surface area contributed by atoms with Gasteiger partial charge in [-0.05, 0) is 47.9 Å². The number of carbonyl (C=O) groups excluding carboxylic acids is 2. The Morgan fingerprint density at radius 1 is 0.970 bits per heavy atom. The molecule has 2 aromatic heterocycles. The summed E-state index contributed by atoms with van der Waals surface area (Å²) in [6.45, 7) is 1.72. The molecule has 2 aliphatic heterocycles. The molecule has 33 heavy (non-hydrogen) atoms. The molecule has 6 nitrogen and oxygen atoms in total. The molecule has 2 fully saturated rings. The van der Waals surface area contributed by atoms with Crippen LogP contribution in [0.4, 0.5) is 4.39 Å². The van der Waals surface area contributed by atoms with Crippen LogP contribution >= 0.6 is 0 Å². The molecule has 0 saturated carbocycles. The molecule has 0 bridgehead atoms. The summed E-state index contributed by atoms with van der Waals surface area (Å²) in [5, 5.41) is 0. The summed E-state index contributed by atoms with van der Waals surface area (Å²) in [4.78, 5) is 38.4. The monoisotopic (exact) mass is 444 g/mol. The zero-order chi connectivity index (χ0) is 22.8. The third-order valence-corrected chi connectivity index (χ3v) is 6.83. The van der Waals surface area contributed by atoms with Crippen LogP contribution in [0.25, 0.3) is 0 Å². The molecule has 2 aliphatic rings. The predicted molar refractivity (Wildman–Crippen MR) is 121 cm³/mol. The fraction of sp³-hybridized carbons (Fsp3) is 0.308. The van der Waals surface area contributed by atoms with E-state index >= 15 is 0 Å². The van der Waals surface area contributed by atoms with E-state index in [2.05, 4.69) is 9.97 Å². The molecule has 0 radical (unpaired) electrons. The molecule has 0 N–H and O–H groups in total. The van der Waals surface area contributed by atoms with Crippen LogP contribution < -0.4 is 0 Å². The number of hydrogen-bond donors (Lipinski definition) is 0. The van der Waals surface area contributed by atoms with Crippen molar-refractivity contribution in [2.75, 3.05) is 19.6 Å². The zero-order valence-electron chi connectivity index (χ0n) is 18.2. The highest BCUT2D eigenvalue weighted by atomic mass is 19.1. The Kier molecular flexibility index (Phi) is 5.86. The van der Waals surface area contributed by atoms with E-state index in [0.29, 0.717) is 38.0 Å². The van der Waals surface area contributed by atoms with Gasteiger partial charge in [0.25, 0.3) is 5.91 Å². The van der Waals surface area contributed by atoms with Crippen LogP contribution in [0.1, 0.15) is 33.8 Å². The highest BCUT2D eigenvalue weighted by Crippen LogP contribution is 2.42. The minimum Gasteiger partial charge on any atom is -0.342 e. The topological polar surface area (TPSA) is 66.4 Å². The van der Waals surface area contributed by atoms with Crippen LogP contribution in [-0.4, -0.2) is 57.3 Å². The number of rotatable bonds is 4. The smallest absolute Gasteiger partial charge is 0.255 e. The van der Waals surface area contributed by atoms with Crippen molar-refractivity contribution in [3.05, 3.63) is 95.8 Å². The first-order chi connectivity index (χ1) is 16.1. The number of halogens is 1. The molecule has 0 aliphatic carbocycles. The third-order valence-electron chi connectivity index (χ3n) is 6.83. The molecule has 4 heterocycles. The fourth-order valence-electron chi connectivity index (χ4n) is 5.20. The number of piperidine rings is 1. The summed E-state index contributed by atoms with van der Waals surface area (Å²) in [6.07, 6.45) is 7.68. The lowest BCUT2D eigenvalue weighted by Gasteiger charge is -2.39. The van der Waals surface area contributed by atoms with Gasteiger partial charge in [0.05, 0.1) is 12.0 Å². The summed E-state index contributed by atoms with van der Waals surface area (Å²) in [5.41, 5.74) is 2.44. The number of fused-ring (bicyclic) bond motifs is 1. The van der Waals surface area contributed by atoms with Gasteiger partial charge in [-0.15, -0.1) is 0 Å². The van der Waals surface area contributed by atoms with Crippen LogP contribution in [0.5, 0.6) is 0 Å². The lowest BCUT2D eigenvalue weighted by molar-refractivity contribution is -0.132. The highest BCUT2D eigenvalue weighted by Gasteiger charge is 2.47. The van der Waals surface area contributed by atoms with Gasteiger partial charge in [-0.25, -0.2) is 4.39 Å². The minimum absolute atomic E-state index is 0.0233. The number of nitrogens with zero attached hydrogens (tertiary/aromatic N) is 4. The van der Waals surface area contributed by atoms with E-state index in [1.807, 2.05) is 21.9 Å². The number of hydrogen-bond acceptors (Lipinski definition) is 4. The highest BCUT2D eigenvalue weighted by molar-refractivity contribution is 5.94. The van der Waals surface area contributed by atoms with Crippen molar-refractivity contribution in [3.63, 3.8) is 0 Å². The van der Waals surface area contributed by atoms with Crippen molar-refractivity contribution in [2.45, 2.75) is 24.8 Å². The molecule has 1 aromatic carbocycles. The van der Waals surface area contributed by atoms with Crippen LogP contribution in [0.2, 0.25) is 0 Å². The maximum atomic E-state index is 13.6. The van der Waals surface area contributed by atoms with Crippen molar-refractivity contribution < 1.29 is 14.0 Å². The maximum absolute atomic E-state index is 13.6. The van der Waals surface area contributed by atoms with Gasteiger partial charge in [-0.1, -0.05) is 18.2 Å². The van der Waals surface area contributed by atoms with E-state index < -0.39 is 0 Å². The summed E-state index contributed by atoms with van der Waals surface area (Å²) in [7, 11) is 0. The van der Waals surface area contributed by atoms with Crippen molar-refractivity contribution >= 4 is 11.8 Å². The van der Waals surface area contributed by atoms with E-state index in [1.54, 1.807) is 49.1 Å². The Morgan fingerprint density at radius 3 is 2.42 bits per heavy atom. The summed E-state index contributed by atoms with van der Waals surface area (Å²) in [5.74, 6) is -0.143. The first-order valence-corrected chi connectivity index (χ1v) is 11.2. The molecular weight excluding hydrogens is 419 g/mol. The van der Waals surface area contributed by atoms with Crippen molar-refractivity contribution in [2.24, 2.45) is 5.92 Å². The van der Waals surface area contributed by atoms with Gasteiger partial charge in [0.1, 0.15) is 5.82 Å². The van der Waals surface area contributed by atoms with Gasteiger partial charge in [0.15, 0.2) is 0 Å². The number of pyridine rings is 2. The van der Waals surface area contributed by atoms with E-state index in [-0.39, 0.29) is 35.5 Å². The molecule has 3 atom stereocenters. The number of aromatic nitrogens is 2. The summed E-state index contributed by atoms with van der Waals surface area (Å²) < 4.78 is 13.6. The first-order valence-electron chi connectivity index (χ1n) is 11.2. The zero-order valence-corrected chi connectivity index (χ0v) is 18.2. The summed E-state index contributed by atoms with van der Waals surface area (Å²) >= 11 is 0. The van der Waals surface area contributed by atoms with E-state index in [1.165, 1.54) is 12.1 Å². The van der Waals surface area contributed by atoms with Crippen LogP contribution in [-0.2, 0) is 11.2 Å². The molecule has 5 rings (SSSR count). The number of likely N-dealkylation sites (tertiary alicyclic amines) is 2. The largest absolute Gasteiger partial charge is 0.342 e. The van der Waals surface area contributed by atoms with E-state index in [4.69, 9.17) is 0 Å². The van der Waals surface area contributed by atoms with Crippen LogP contribution in [0.3, 0.4) is 0 Å². The van der Waals surface area contributed by atoms with Gasteiger partial charge in [-0.3, -0.25) is 19.6 Å². The lowest BCUT2D eigenvalue weighted by atomic mass is 9.81. The van der Waals surface area contributed by atoms with Crippen molar-refractivity contribution in [1.29, 1.82) is 0 Å². The third kappa shape index (κ3) is 4.35. The molecule has 2 saturated heterocycles. The first kappa shape index (κ1) is 21.2. The van der Waals surface area contributed by atoms with Crippen LogP contribution in [0.15, 0.2) is 73.3 Å². The average Bonchev–Trinajstić information content (AvgIpc) is 3.24. The lowest BCUT2D eigenvalue weighted by Crippen LogP contribution is -2.50. The normalized spacial score (nSPS) is 22.2. The molecular formula is C26H25FN4O2. The molecule has 3 aromatic rings. The second-order valence-corrected chi connectivity index (χ2v) is 8.75. The Labute approximate surface area is 192 Å². The number of benzene rings is 1. The Hall–Kier alpha value is -3.61. The Balaban J connectivity index is 1.40. The Bertz CT molecular complexity index is 1120. The van der Waals surface area contributed by atoms with Crippen molar-refractivity contribution in [3.8, 4) is 0 Å². The quantitative estimate of drug-likeness (QED) is 0.619. The van der Waals surface area contributed by atoms with Gasteiger partial charge in [0, 0.05) is 62.3 Å². The maximum Gasteiger partial charge on any atom is 0.255 e. The fourth-order valence-corrected chi connectivity index (χ4v) is 5.20. The van der Waals surface area contributed by atoms with E-state index in [9.17, 15) is 14.0 Å². The molecule has 7 heteroatoms. The molecule has 2 amide bonds. The molecule has 0 unspecified atom stereocenters.